The number of nitrogens with zero attached hydrogens (tertiary/aromatic N) is 2. The van der Waals surface area contributed by atoms with Gasteiger partial charge in [0.25, 0.3) is 0 Å². The third kappa shape index (κ3) is 2.77. The fourth-order valence-electron chi connectivity index (χ4n) is 3.64. The van der Waals surface area contributed by atoms with Crippen LogP contribution in [0.4, 0.5) is 5.69 Å². The van der Waals surface area contributed by atoms with Crippen LogP contribution in [0.2, 0.25) is 5.02 Å². The predicted octanol–water partition coefficient (Wildman–Crippen LogP) is 3.76. The molecule has 5 nitrogen and oxygen atoms in total. The number of piperidine rings is 1. The lowest BCUT2D eigenvalue weighted by molar-refractivity contribution is 0.326. The van der Waals surface area contributed by atoms with Crippen molar-refractivity contribution in [1.29, 1.82) is 5.26 Å². The first-order valence-electron chi connectivity index (χ1n) is 8.47. The molecule has 25 heavy (non-hydrogen) atoms. The third-order valence-corrected chi connectivity index (χ3v) is 5.01. The quantitative estimate of drug-likeness (QED) is 0.778. The van der Waals surface area contributed by atoms with Crippen LogP contribution in [0.1, 0.15) is 30.4 Å². The van der Waals surface area contributed by atoms with Gasteiger partial charge in [0.15, 0.2) is 5.56 Å². The molecule has 2 aromatic rings. The Morgan fingerprint density at radius 3 is 2.76 bits per heavy atom. The first-order valence-corrected chi connectivity index (χ1v) is 8.84. The average molecular weight is 357 g/mol. The van der Waals surface area contributed by atoms with E-state index >= 15 is 0 Å². The maximum Gasteiger partial charge on any atom is 0.356 e. The standard InChI is InChI=1S/C19H17ClN2O3/c20-12-4-5-16-14(10-12)18-13(6-9-24-16)17(15(11-21)19(23)25-18)22-7-2-1-3-8-22/h4-5,10H,1-3,6-9H2. The van der Waals surface area contributed by atoms with E-state index in [2.05, 4.69) is 11.0 Å². The zero-order valence-corrected chi connectivity index (χ0v) is 14.4. The molecule has 0 radical (unpaired) electrons. The lowest BCUT2D eigenvalue weighted by Gasteiger charge is -2.31. The van der Waals surface area contributed by atoms with E-state index in [-0.39, 0.29) is 5.56 Å². The summed E-state index contributed by atoms with van der Waals surface area (Å²) in [4.78, 5) is 14.6. The highest BCUT2D eigenvalue weighted by atomic mass is 35.5. The van der Waals surface area contributed by atoms with Crippen LogP contribution < -0.4 is 15.3 Å². The van der Waals surface area contributed by atoms with Crippen LogP contribution in [0.3, 0.4) is 0 Å². The van der Waals surface area contributed by atoms with Crippen molar-refractivity contribution in [2.75, 3.05) is 24.6 Å². The fourth-order valence-corrected chi connectivity index (χ4v) is 3.82. The van der Waals surface area contributed by atoms with Crippen LogP contribution >= 0.6 is 11.6 Å². The molecule has 2 aliphatic rings. The molecule has 0 unspecified atom stereocenters. The Kier molecular flexibility index (Phi) is 4.14. The van der Waals surface area contributed by atoms with E-state index in [1.807, 2.05) is 0 Å². The zero-order chi connectivity index (χ0) is 17.4. The van der Waals surface area contributed by atoms with Crippen molar-refractivity contribution >= 4 is 17.3 Å². The van der Waals surface area contributed by atoms with E-state index in [0.29, 0.717) is 40.8 Å². The van der Waals surface area contributed by atoms with Crippen molar-refractivity contribution in [3.05, 3.63) is 44.8 Å². The second kappa shape index (κ2) is 6.45. The number of halogens is 1. The Bertz CT molecular complexity index is 923. The molecule has 1 fully saturated rings. The molecule has 1 aromatic heterocycles. The Labute approximate surface area is 150 Å². The van der Waals surface area contributed by atoms with Crippen molar-refractivity contribution in [2.24, 2.45) is 0 Å². The lowest BCUT2D eigenvalue weighted by Crippen LogP contribution is -2.32. The molecule has 2 aliphatic heterocycles. The molecule has 0 N–H and O–H groups in total. The van der Waals surface area contributed by atoms with Crippen molar-refractivity contribution in [2.45, 2.75) is 25.7 Å². The summed E-state index contributed by atoms with van der Waals surface area (Å²) in [5.41, 5.74) is 1.73. The van der Waals surface area contributed by atoms with Gasteiger partial charge in [-0.15, -0.1) is 0 Å². The van der Waals surface area contributed by atoms with Gasteiger partial charge in [0.1, 0.15) is 17.6 Å². The van der Waals surface area contributed by atoms with E-state index in [9.17, 15) is 10.1 Å². The van der Waals surface area contributed by atoms with Crippen LogP contribution in [-0.4, -0.2) is 19.7 Å². The Balaban J connectivity index is 2.00. The Hall–Kier alpha value is -2.45. The molecular formula is C19H17ClN2O3. The van der Waals surface area contributed by atoms with E-state index in [0.717, 1.165) is 31.5 Å². The van der Waals surface area contributed by atoms with Gasteiger partial charge in [-0.2, -0.15) is 5.26 Å². The monoisotopic (exact) mass is 356 g/mol. The minimum atomic E-state index is -0.602. The van der Waals surface area contributed by atoms with Crippen LogP contribution in [0.15, 0.2) is 27.4 Å². The molecular weight excluding hydrogens is 340 g/mol. The number of hydrogen-bond donors (Lipinski definition) is 0. The molecule has 3 heterocycles. The summed E-state index contributed by atoms with van der Waals surface area (Å²) < 4.78 is 11.4. The molecule has 6 heteroatoms. The summed E-state index contributed by atoms with van der Waals surface area (Å²) in [5.74, 6) is 1.11. The van der Waals surface area contributed by atoms with Gasteiger partial charge < -0.3 is 14.1 Å². The highest BCUT2D eigenvalue weighted by Gasteiger charge is 2.28. The van der Waals surface area contributed by atoms with Gasteiger partial charge in [0, 0.05) is 30.1 Å². The normalized spacial score (nSPS) is 16.2. The maximum absolute atomic E-state index is 12.5. The number of benzene rings is 1. The molecule has 1 aromatic carbocycles. The van der Waals surface area contributed by atoms with Gasteiger partial charge >= 0.3 is 5.63 Å². The Morgan fingerprint density at radius 2 is 2.00 bits per heavy atom. The molecule has 0 saturated carbocycles. The summed E-state index contributed by atoms with van der Waals surface area (Å²) >= 11 is 6.15. The number of anilines is 1. The fraction of sp³-hybridized carbons (Fsp3) is 0.368. The van der Waals surface area contributed by atoms with Crippen LogP contribution in [0, 0.1) is 11.3 Å². The first kappa shape index (κ1) is 16.0. The molecule has 1 saturated heterocycles. The topological polar surface area (TPSA) is 66.5 Å². The van der Waals surface area contributed by atoms with E-state index in [1.54, 1.807) is 18.2 Å². The summed E-state index contributed by atoms with van der Waals surface area (Å²) in [6, 6.07) is 7.33. The van der Waals surface area contributed by atoms with Gasteiger partial charge in [-0.1, -0.05) is 11.6 Å². The summed E-state index contributed by atoms with van der Waals surface area (Å²) in [6.07, 6.45) is 3.85. The highest BCUT2D eigenvalue weighted by Crippen LogP contribution is 2.41. The number of nitriles is 1. The van der Waals surface area contributed by atoms with Crippen LogP contribution in [0.5, 0.6) is 5.75 Å². The molecule has 0 atom stereocenters. The number of ether oxygens (including phenoxy) is 1. The third-order valence-electron chi connectivity index (χ3n) is 4.78. The van der Waals surface area contributed by atoms with E-state index < -0.39 is 5.63 Å². The van der Waals surface area contributed by atoms with E-state index in [4.69, 9.17) is 20.8 Å². The van der Waals surface area contributed by atoms with Crippen molar-refractivity contribution in [3.8, 4) is 23.1 Å². The lowest BCUT2D eigenvalue weighted by atomic mass is 9.99. The molecule has 4 rings (SSSR count). The molecule has 128 valence electrons. The zero-order valence-electron chi connectivity index (χ0n) is 13.7. The second-order valence-corrected chi connectivity index (χ2v) is 6.76. The smallest absolute Gasteiger partial charge is 0.356 e. The number of rotatable bonds is 1. The van der Waals surface area contributed by atoms with Crippen molar-refractivity contribution in [3.63, 3.8) is 0 Å². The molecule has 0 aliphatic carbocycles. The van der Waals surface area contributed by atoms with Crippen LogP contribution in [0.25, 0.3) is 11.3 Å². The van der Waals surface area contributed by atoms with Gasteiger partial charge in [-0.25, -0.2) is 4.79 Å². The maximum atomic E-state index is 12.5. The van der Waals surface area contributed by atoms with Crippen molar-refractivity contribution < 1.29 is 9.15 Å². The van der Waals surface area contributed by atoms with Crippen LogP contribution in [-0.2, 0) is 6.42 Å². The van der Waals surface area contributed by atoms with Gasteiger partial charge in [0.05, 0.1) is 17.9 Å². The second-order valence-electron chi connectivity index (χ2n) is 6.32. The highest BCUT2D eigenvalue weighted by molar-refractivity contribution is 6.31. The molecule has 0 spiro atoms. The minimum absolute atomic E-state index is 0.0890. The van der Waals surface area contributed by atoms with E-state index in [1.165, 1.54) is 6.42 Å². The van der Waals surface area contributed by atoms with Gasteiger partial charge in [-0.3, -0.25) is 0 Å². The largest absolute Gasteiger partial charge is 0.492 e. The predicted molar refractivity (Wildman–Crippen MR) is 95.4 cm³/mol. The number of fused-ring (bicyclic) bond motifs is 3. The molecule has 0 amide bonds. The van der Waals surface area contributed by atoms with Gasteiger partial charge in [0.2, 0.25) is 0 Å². The number of hydrogen-bond acceptors (Lipinski definition) is 5. The first-order chi connectivity index (χ1) is 12.2. The summed E-state index contributed by atoms with van der Waals surface area (Å²) in [6.45, 7) is 2.14. The Morgan fingerprint density at radius 1 is 1.20 bits per heavy atom. The van der Waals surface area contributed by atoms with Crippen molar-refractivity contribution in [1.82, 2.24) is 0 Å². The average Bonchev–Trinajstić information content (AvgIpc) is 2.80. The summed E-state index contributed by atoms with van der Waals surface area (Å²) in [7, 11) is 0. The molecule has 0 bridgehead atoms. The summed E-state index contributed by atoms with van der Waals surface area (Å²) in [5, 5.41) is 10.1. The SMILES string of the molecule is N#Cc1c(N2CCCCC2)c2c(oc1=O)-c1cc(Cl)ccc1OCC2. The minimum Gasteiger partial charge on any atom is -0.492 e. The van der Waals surface area contributed by atoms with Gasteiger partial charge in [-0.05, 0) is 37.5 Å².